The molecule has 29 heavy (non-hydrogen) atoms. The molecule has 0 radical (unpaired) electrons. The number of rotatable bonds is 8. The summed E-state index contributed by atoms with van der Waals surface area (Å²) in [6.07, 6.45) is 1.50. The fraction of sp³-hybridized carbons (Fsp3) is 0.0909. The number of nitrogens with one attached hydrogen (secondary N) is 1. The zero-order valence-electron chi connectivity index (χ0n) is 15.3. The maximum atomic E-state index is 12.8. The molecule has 0 aliphatic carbocycles. The van der Waals surface area contributed by atoms with Crippen LogP contribution in [0, 0.1) is 5.82 Å². The van der Waals surface area contributed by atoms with Crippen molar-refractivity contribution in [2.45, 2.75) is 6.61 Å². The second kappa shape index (κ2) is 10.2. The van der Waals surface area contributed by atoms with Crippen LogP contribution in [0.15, 0.2) is 77.9 Å². The lowest BCUT2D eigenvalue weighted by atomic mass is 10.2. The van der Waals surface area contributed by atoms with E-state index in [0.717, 1.165) is 11.1 Å². The van der Waals surface area contributed by atoms with Crippen LogP contribution in [0.1, 0.15) is 11.1 Å². The van der Waals surface area contributed by atoms with Gasteiger partial charge in [-0.15, -0.1) is 0 Å². The molecule has 0 saturated carbocycles. The van der Waals surface area contributed by atoms with Crippen LogP contribution in [0.25, 0.3) is 0 Å². The summed E-state index contributed by atoms with van der Waals surface area (Å²) in [6.45, 7) is 0.183. The highest BCUT2D eigenvalue weighted by Crippen LogP contribution is 2.16. The van der Waals surface area contributed by atoms with Gasteiger partial charge in [-0.2, -0.15) is 5.10 Å². The fourth-order valence-electron chi connectivity index (χ4n) is 2.32. The molecule has 0 aliphatic heterocycles. The summed E-state index contributed by atoms with van der Waals surface area (Å²) in [6, 6.07) is 20.1. The highest BCUT2D eigenvalue weighted by Gasteiger charge is 2.02. The third-order valence-electron chi connectivity index (χ3n) is 3.76. The number of halogens is 2. The van der Waals surface area contributed by atoms with Crippen LogP contribution in [0.2, 0.25) is 5.02 Å². The van der Waals surface area contributed by atoms with Gasteiger partial charge < -0.3 is 9.47 Å². The molecule has 0 atom stereocenters. The van der Waals surface area contributed by atoms with Crippen LogP contribution in [-0.2, 0) is 11.4 Å². The molecule has 0 aliphatic rings. The van der Waals surface area contributed by atoms with Crippen molar-refractivity contribution in [3.8, 4) is 11.5 Å². The Hall–Kier alpha value is -3.38. The predicted octanol–water partition coefficient (Wildman–Crippen LogP) is 4.59. The van der Waals surface area contributed by atoms with Crippen molar-refractivity contribution in [2.75, 3.05) is 6.61 Å². The molecule has 1 amide bonds. The minimum absolute atomic E-state index is 0.229. The predicted molar refractivity (Wildman–Crippen MR) is 110 cm³/mol. The number of hydrogen-bond acceptors (Lipinski definition) is 4. The molecule has 0 spiro atoms. The topological polar surface area (TPSA) is 59.9 Å². The molecule has 1 N–H and O–H groups in total. The van der Waals surface area contributed by atoms with Crippen LogP contribution in [-0.4, -0.2) is 18.7 Å². The number of carbonyl (C=O) groups excluding carboxylic acids is 1. The molecule has 0 unspecified atom stereocenters. The second-order valence-electron chi connectivity index (χ2n) is 6.02. The van der Waals surface area contributed by atoms with Crippen LogP contribution >= 0.6 is 11.6 Å². The molecule has 3 rings (SSSR count). The molecule has 148 valence electrons. The van der Waals surface area contributed by atoms with E-state index in [1.165, 1.54) is 30.5 Å². The van der Waals surface area contributed by atoms with E-state index in [-0.39, 0.29) is 12.4 Å². The van der Waals surface area contributed by atoms with Gasteiger partial charge in [0.25, 0.3) is 5.91 Å². The van der Waals surface area contributed by atoms with Crippen molar-refractivity contribution >= 4 is 23.7 Å². The minimum atomic E-state index is -0.430. The smallest absolute Gasteiger partial charge is 0.277 e. The minimum Gasteiger partial charge on any atom is -0.489 e. The Bertz CT molecular complexity index is 976. The van der Waals surface area contributed by atoms with Gasteiger partial charge in [-0.3, -0.25) is 4.79 Å². The van der Waals surface area contributed by atoms with Crippen molar-refractivity contribution in [1.82, 2.24) is 5.43 Å². The van der Waals surface area contributed by atoms with Crippen molar-refractivity contribution in [1.29, 1.82) is 0 Å². The molecule has 0 saturated heterocycles. The van der Waals surface area contributed by atoms with E-state index in [9.17, 15) is 9.18 Å². The number of benzene rings is 3. The summed E-state index contributed by atoms with van der Waals surface area (Å²) in [4.78, 5) is 11.8. The summed E-state index contributed by atoms with van der Waals surface area (Å²) in [5.74, 6) is 0.275. The summed E-state index contributed by atoms with van der Waals surface area (Å²) in [7, 11) is 0. The van der Waals surface area contributed by atoms with E-state index in [4.69, 9.17) is 21.1 Å². The first-order chi connectivity index (χ1) is 14.1. The van der Waals surface area contributed by atoms with Crippen molar-refractivity contribution < 1.29 is 18.7 Å². The van der Waals surface area contributed by atoms with Crippen LogP contribution in [0.3, 0.4) is 0 Å². The third kappa shape index (κ3) is 6.93. The molecular formula is C22H18ClFN2O3. The monoisotopic (exact) mass is 412 g/mol. The Labute approximate surface area is 172 Å². The van der Waals surface area contributed by atoms with Gasteiger partial charge >= 0.3 is 0 Å². The van der Waals surface area contributed by atoms with Crippen LogP contribution < -0.4 is 14.9 Å². The van der Waals surface area contributed by atoms with Gasteiger partial charge in [-0.25, -0.2) is 9.82 Å². The SMILES string of the molecule is O=C(COc1ccc(F)cc1)N/N=C/c1cccc(OCc2ccc(Cl)cc2)c1. The zero-order chi connectivity index (χ0) is 20.5. The molecule has 7 heteroatoms. The van der Waals surface area contributed by atoms with Crippen molar-refractivity contribution in [3.63, 3.8) is 0 Å². The molecule has 3 aromatic carbocycles. The van der Waals surface area contributed by atoms with E-state index in [2.05, 4.69) is 10.5 Å². The van der Waals surface area contributed by atoms with Gasteiger partial charge in [-0.1, -0.05) is 35.9 Å². The Kier molecular flexibility index (Phi) is 7.19. The van der Waals surface area contributed by atoms with Crippen molar-refractivity contribution in [2.24, 2.45) is 5.10 Å². The molecule has 0 heterocycles. The number of hydrogen-bond donors (Lipinski definition) is 1. The number of ether oxygens (including phenoxy) is 2. The number of carbonyl (C=O) groups is 1. The average Bonchev–Trinajstić information content (AvgIpc) is 2.73. The summed E-state index contributed by atoms with van der Waals surface area (Å²) >= 11 is 5.87. The average molecular weight is 413 g/mol. The van der Waals surface area contributed by atoms with Crippen LogP contribution in [0.5, 0.6) is 11.5 Å². The highest BCUT2D eigenvalue weighted by atomic mass is 35.5. The maximum absolute atomic E-state index is 12.8. The molecule has 3 aromatic rings. The third-order valence-corrected chi connectivity index (χ3v) is 4.02. The molecule has 0 fully saturated rings. The number of amides is 1. The molecule has 0 bridgehead atoms. The lowest BCUT2D eigenvalue weighted by molar-refractivity contribution is -0.123. The summed E-state index contributed by atoms with van der Waals surface area (Å²) in [5.41, 5.74) is 4.14. The normalized spacial score (nSPS) is 10.7. The molecule has 5 nitrogen and oxygen atoms in total. The Balaban J connectivity index is 1.46. The first kappa shape index (κ1) is 20.4. The van der Waals surface area contributed by atoms with E-state index >= 15 is 0 Å². The lowest BCUT2D eigenvalue weighted by Gasteiger charge is -2.07. The fourth-order valence-corrected chi connectivity index (χ4v) is 2.45. The zero-order valence-corrected chi connectivity index (χ0v) is 16.1. The van der Waals surface area contributed by atoms with Gasteiger partial charge in [0.15, 0.2) is 6.61 Å². The van der Waals surface area contributed by atoms with Gasteiger partial charge in [0.05, 0.1) is 6.21 Å². The largest absolute Gasteiger partial charge is 0.489 e. The standard InChI is InChI=1S/C22H18ClFN2O3/c23-18-6-4-16(5-7-18)14-28-21-3-1-2-17(12-21)13-25-26-22(27)15-29-20-10-8-19(24)9-11-20/h1-13H,14-15H2,(H,26,27)/b25-13+. The number of hydrazone groups is 1. The van der Waals surface area contributed by atoms with Gasteiger partial charge in [0.2, 0.25) is 0 Å². The second-order valence-corrected chi connectivity index (χ2v) is 6.46. The first-order valence-corrected chi connectivity index (χ1v) is 9.14. The van der Waals surface area contributed by atoms with E-state index in [0.29, 0.717) is 23.1 Å². The van der Waals surface area contributed by atoms with Crippen molar-refractivity contribution in [3.05, 3.63) is 94.8 Å². The maximum Gasteiger partial charge on any atom is 0.277 e. The Morgan fingerprint density at radius 1 is 1.00 bits per heavy atom. The highest BCUT2D eigenvalue weighted by molar-refractivity contribution is 6.30. The van der Waals surface area contributed by atoms with Crippen LogP contribution in [0.4, 0.5) is 4.39 Å². The Morgan fingerprint density at radius 2 is 1.76 bits per heavy atom. The Morgan fingerprint density at radius 3 is 2.52 bits per heavy atom. The van der Waals surface area contributed by atoms with Gasteiger partial charge in [0.1, 0.15) is 23.9 Å². The molecule has 0 aromatic heterocycles. The van der Waals surface area contributed by atoms with Gasteiger partial charge in [-0.05, 0) is 59.7 Å². The summed E-state index contributed by atoms with van der Waals surface area (Å²) < 4.78 is 23.8. The summed E-state index contributed by atoms with van der Waals surface area (Å²) in [5, 5.41) is 4.58. The van der Waals surface area contributed by atoms with Gasteiger partial charge in [0, 0.05) is 5.02 Å². The van der Waals surface area contributed by atoms with E-state index in [1.807, 2.05) is 42.5 Å². The van der Waals surface area contributed by atoms with E-state index in [1.54, 1.807) is 6.07 Å². The van der Waals surface area contributed by atoms with E-state index < -0.39 is 5.91 Å². The number of nitrogens with zero attached hydrogens (tertiary/aromatic N) is 1. The quantitative estimate of drug-likeness (QED) is 0.435. The lowest BCUT2D eigenvalue weighted by Crippen LogP contribution is -2.24. The first-order valence-electron chi connectivity index (χ1n) is 8.76. The molecular weight excluding hydrogens is 395 g/mol.